The van der Waals surface area contributed by atoms with E-state index in [1.807, 2.05) is 19.9 Å². The van der Waals surface area contributed by atoms with Gasteiger partial charge in [0.05, 0.1) is 0 Å². The Balaban J connectivity index is 1.56. The lowest BCUT2D eigenvalue weighted by atomic mass is 9.95. The molecule has 0 aliphatic carbocycles. The van der Waals surface area contributed by atoms with Crippen molar-refractivity contribution in [1.29, 1.82) is 0 Å². The Morgan fingerprint density at radius 1 is 1.22 bits per heavy atom. The maximum Gasteiger partial charge on any atom is 0.251 e. The standard InChI is InChI=1S/C18H25N3O2/c1-13-11-15(19-16(13)22)7-3-5-9-21-10-6-4-8-18(21)12-14(2)17(23)20-18/h7,11-12H,3-6,8-10H2,1-2H3,(H,19,22)(H,20,23)/b15-7+. The van der Waals surface area contributed by atoms with Gasteiger partial charge in [0.25, 0.3) is 5.91 Å². The van der Waals surface area contributed by atoms with Gasteiger partial charge in [-0.3, -0.25) is 14.5 Å². The molecule has 5 heteroatoms. The molecule has 1 atom stereocenters. The highest BCUT2D eigenvalue weighted by molar-refractivity contribution is 5.98. The number of allylic oxidation sites excluding steroid dienone is 2. The van der Waals surface area contributed by atoms with Crippen molar-refractivity contribution < 1.29 is 9.59 Å². The number of piperidine rings is 1. The van der Waals surface area contributed by atoms with Crippen LogP contribution in [0.25, 0.3) is 0 Å². The third-order valence-corrected chi connectivity index (χ3v) is 4.93. The summed E-state index contributed by atoms with van der Waals surface area (Å²) in [6.07, 6.45) is 11.3. The maximum atomic E-state index is 11.9. The SMILES string of the molecule is CC1=C/C(=C\CCCN2CCCCC23C=C(C)C(=O)N3)NC1=O. The van der Waals surface area contributed by atoms with E-state index in [-0.39, 0.29) is 17.5 Å². The highest BCUT2D eigenvalue weighted by Gasteiger charge is 2.42. The largest absolute Gasteiger partial charge is 0.331 e. The lowest BCUT2D eigenvalue weighted by Gasteiger charge is -2.43. The van der Waals surface area contributed by atoms with Crippen molar-refractivity contribution in [3.05, 3.63) is 35.1 Å². The molecular weight excluding hydrogens is 290 g/mol. The van der Waals surface area contributed by atoms with Crippen LogP contribution in [0.5, 0.6) is 0 Å². The summed E-state index contributed by atoms with van der Waals surface area (Å²) < 4.78 is 0. The number of carbonyl (C=O) groups is 2. The molecule has 0 aromatic heterocycles. The molecule has 1 unspecified atom stereocenters. The van der Waals surface area contributed by atoms with Gasteiger partial charge in [-0.15, -0.1) is 0 Å². The number of unbranched alkanes of at least 4 members (excludes halogenated alkanes) is 1. The van der Waals surface area contributed by atoms with Crippen LogP contribution in [0.15, 0.2) is 35.1 Å². The van der Waals surface area contributed by atoms with Crippen molar-refractivity contribution in [2.24, 2.45) is 0 Å². The Bertz CT molecular complexity index is 618. The second-order valence-corrected chi connectivity index (χ2v) is 6.73. The Labute approximate surface area is 137 Å². The van der Waals surface area contributed by atoms with Crippen molar-refractivity contribution in [1.82, 2.24) is 15.5 Å². The molecule has 23 heavy (non-hydrogen) atoms. The topological polar surface area (TPSA) is 61.4 Å². The predicted molar refractivity (Wildman–Crippen MR) is 89.3 cm³/mol. The van der Waals surface area contributed by atoms with Gasteiger partial charge < -0.3 is 10.6 Å². The van der Waals surface area contributed by atoms with Crippen LogP contribution in [0.1, 0.15) is 46.0 Å². The normalized spacial score (nSPS) is 29.7. The summed E-state index contributed by atoms with van der Waals surface area (Å²) in [4.78, 5) is 25.7. The summed E-state index contributed by atoms with van der Waals surface area (Å²) >= 11 is 0. The molecule has 1 saturated heterocycles. The van der Waals surface area contributed by atoms with Crippen LogP contribution in [0.4, 0.5) is 0 Å². The van der Waals surface area contributed by atoms with E-state index in [0.717, 1.165) is 55.6 Å². The van der Waals surface area contributed by atoms with Crippen molar-refractivity contribution in [2.45, 2.75) is 51.6 Å². The summed E-state index contributed by atoms with van der Waals surface area (Å²) in [5.74, 6) is 0.0637. The Morgan fingerprint density at radius 3 is 2.70 bits per heavy atom. The molecule has 0 aromatic rings. The third-order valence-electron chi connectivity index (χ3n) is 4.93. The van der Waals surface area contributed by atoms with Gasteiger partial charge in [-0.1, -0.05) is 6.08 Å². The number of nitrogens with one attached hydrogen (secondary N) is 2. The van der Waals surface area contributed by atoms with Gasteiger partial charge in [-0.05, 0) is 58.1 Å². The minimum Gasteiger partial charge on any atom is -0.331 e. The molecule has 0 bridgehead atoms. The van der Waals surface area contributed by atoms with E-state index in [4.69, 9.17) is 0 Å². The number of likely N-dealkylation sites (tertiary alicyclic amines) is 1. The third kappa shape index (κ3) is 3.24. The van der Waals surface area contributed by atoms with Crippen LogP contribution < -0.4 is 10.6 Å². The van der Waals surface area contributed by atoms with E-state index in [1.165, 1.54) is 6.42 Å². The number of carbonyl (C=O) groups excluding carboxylic acids is 2. The summed E-state index contributed by atoms with van der Waals surface area (Å²) in [5, 5.41) is 6.03. The van der Waals surface area contributed by atoms with Crippen LogP contribution in [0.2, 0.25) is 0 Å². The smallest absolute Gasteiger partial charge is 0.251 e. The molecule has 1 fully saturated rings. The summed E-state index contributed by atoms with van der Waals surface area (Å²) in [6.45, 7) is 5.69. The van der Waals surface area contributed by atoms with E-state index >= 15 is 0 Å². The second kappa shape index (κ2) is 6.32. The zero-order valence-electron chi connectivity index (χ0n) is 13.9. The van der Waals surface area contributed by atoms with Gasteiger partial charge in [0.1, 0.15) is 5.66 Å². The van der Waals surface area contributed by atoms with E-state index in [0.29, 0.717) is 0 Å². The average Bonchev–Trinajstić information content (AvgIpc) is 2.97. The van der Waals surface area contributed by atoms with Crippen molar-refractivity contribution >= 4 is 11.8 Å². The number of nitrogens with zero attached hydrogens (tertiary/aromatic N) is 1. The lowest BCUT2D eigenvalue weighted by Crippen LogP contribution is -2.58. The number of hydrogen-bond donors (Lipinski definition) is 2. The molecule has 3 heterocycles. The van der Waals surface area contributed by atoms with Crippen LogP contribution in [0, 0.1) is 0 Å². The van der Waals surface area contributed by atoms with E-state index in [1.54, 1.807) is 0 Å². The fourth-order valence-corrected chi connectivity index (χ4v) is 3.64. The zero-order chi connectivity index (χ0) is 16.4. The molecule has 5 nitrogen and oxygen atoms in total. The molecule has 124 valence electrons. The lowest BCUT2D eigenvalue weighted by molar-refractivity contribution is -0.120. The highest BCUT2D eigenvalue weighted by atomic mass is 16.2. The molecule has 2 N–H and O–H groups in total. The summed E-state index contributed by atoms with van der Waals surface area (Å²) in [6, 6.07) is 0. The van der Waals surface area contributed by atoms with Crippen LogP contribution in [-0.2, 0) is 9.59 Å². The first-order valence-corrected chi connectivity index (χ1v) is 8.47. The molecular formula is C18H25N3O2. The van der Waals surface area contributed by atoms with Crippen molar-refractivity contribution in [3.63, 3.8) is 0 Å². The Morgan fingerprint density at radius 2 is 2.04 bits per heavy atom. The fraction of sp³-hybridized carbons (Fsp3) is 0.556. The van der Waals surface area contributed by atoms with Gasteiger partial charge in [0, 0.05) is 29.9 Å². The van der Waals surface area contributed by atoms with Gasteiger partial charge in [0.15, 0.2) is 0 Å². The Hall–Kier alpha value is -1.88. The molecule has 0 radical (unpaired) electrons. The predicted octanol–water partition coefficient (Wildman–Crippen LogP) is 1.98. The summed E-state index contributed by atoms with van der Waals surface area (Å²) in [5.41, 5.74) is 2.24. The quantitative estimate of drug-likeness (QED) is 0.780. The molecule has 3 aliphatic heterocycles. The van der Waals surface area contributed by atoms with E-state index < -0.39 is 0 Å². The van der Waals surface area contributed by atoms with Gasteiger partial charge in [-0.25, -0.2) is 0 Å². The monoisotopic (exact) mass is 315 g/mol. The first-order chi connectivity index (χ1) is 11.0. The first kappa shape index (κ1) is 16.0. The zero-order valence-corrected chi connectivity index (χ0v) is 13.9. The van der Waals surface area contributed by atoms with Gasteiger partial charge in [-0.2, -0.15) is 0 Å². The van der Waals surface area contributed by atoms with Crippen LogP contribution in [0.3, 0.4) is 0 Å². The molecule has 2 amide bonds. The van der Waals surface area contributed by atoms with E-state index in [2.05, 4.69) is 27.7 Å². The van der Waals surface area contributed by atoms with E-state index in [9.17, 15) is 9.59 Å². The van der Waals surface area contributed by atoms with Gasteiger partial charge in [0.2, 0.25) is 5.91 Å². The Kier molecular flexibility index (Phi) is 4.39. The molecule has 3 rings (SSSR count). The van der Waals surface area contributed by atoms with Crippen LogP contribution >= 0.6 is 0 Å². The highest BCUT2D eigenvalue weighted by Crippen LogP contribution is 2.32. The fourth-order valence-electron chi connectivity index (χ4n) is 3.64. The minimum atomic E-state index is -0.259. The summed E-state index contributed by atoms with van der Waals surface area (Å²) in [7, 11) is 0. The van der Waals surface area contributed by atoms with Crippen molar-refractivity contribution in [2.75, 3.05) is 13.1 Å². The minimum absolute atomic E-state index is 0.000476. The molecule has 1 spiro atoms. The molecule has 0 saturated carbocycles. The number of hydrogen-bond acceptors (Lipinski definition) is 3. The van der Waals surface area contributed by atoms with Crippen LogP contribution in [-0.4, -0.2) is 35.5 Å². The number of amides is 2. The molecule has 3 aliphatic rings. The second-order valence-electron chi connectivity index (χ2n) is 6.73. The number of rotatable bonds is 4. The van der Waals surface area contributed by atoms with Gasteiger partial charge >= 0.3 is 0 Å². The maximum absolute atomic E-state index is 11.9. The first-order valence-electron chi connectivity index (χ1n) is 8.47. The molecule has 0 aromatic carbocycles. The van der Waals surface area contributed by atoms with Crippen molar-refractivity contribution in [3.8, 4) is 0 Å². The average molecular weight is 315 g/mol.